The molecule has 0 saturated heterocycles. The first kappa shape index (κ1) is 37.3. The van der Waals surface area contributed by atoms with Gasteiger partial charge in [0.15, 0.2) is 0 Å². The van der Waals surface area contributed by atoms with Crippen LogP contribution in [-0.2, 0) is 20.8 Å². The molecule has 0 amide bonds. The Bertz CT molecular complexity index is 1160. The molecular formula is C36H54N2O8. The number of benzene rings is 2. The highest BCUT2D eigenvalue weighted by molar-refractivity contribution is 5.66. The Morgan fingerprint density at radius 2 is 1.09 bits per heavy atom. The highest BCUT2D eigenvalue weighted by atomic mass is 16.4. The van der Waals surface area contributed by atoms with E-state index in [0.717, 1.165) is 62.7 Å². The van der Waals surface area contributed by atoms with Crippen LogP contribution < -0.4 is 0 Å². The van der Waals surface area contributed by atoms with Crippen LogP contribution in [0.4, 0.5) is 0 Å². The topological polar surface area (TPSA) is 162 Å². The van der Waals surface area contributed by atoms with E-state index < -0.39 is 23.1 Å². The van der Waals surface area contributed by atoms with Gasteiger partial charge in [0.2, 0.25) is 0 Å². The lowest BCUT2D eigenvalue weighted by molar-refractivity contribution is -0.138. The van der Waals surface area contributed by atoms with Crippen molar-refractivity contribution >= 4 is 11.9 Å². The number of phenolic OH excluding ortho intramolecular Hbond substituents is 2. The summed E-state index contributed by atoms with van der Waals surface area (Å²) in [6.45, 7) is 2.87. The van der Waals surface area contributed by atoms with Crippen molar-refractivity contribution < 1.29 is 40.2 Å². The summed E-state index contributed by atoms with van der Waals surface area (Å²) in [4.78, 5) is 25.4. The fourth-order valence-electron chi connectivity index (χ4n) is 7.19. The minimum Gasteiger partial charge on any atom is -0.508 e. The van der Waals surface area contributed by atoms with E-state index in [1.165, 1.54) is 0 Å². The van der Waals surface area contributed by atoms with Crippen LogP contribution in [0, 0.1) is 11.8 Å². The molecule has 4 atom stereocenters. The molecule has 2 aromatic rings. The smallest absolute Gasteiger partial charge is 0.303 e. The standard InChI is InChI=1S/2C18H27NO4/c2*1-19(11-5-9-17(21)22)13-15-6-2-3-10-18(15,23)14-7-4-8-16(20)12-14/h2*4,7-8,12,15,20,23H,2-3,5-6,9-11,13H2,1H3,(H,21,22). The van der Waals surface area contributed by atoms with Gasteiger partial charge in [-0.1, -0.05) is 49.9 Å². The van der Waals surface area contributed by atoms with Crippen LogP contribution in [0.15, 0.2) is 48.5 Å². The third kappa shape index (κ3) is 11.0. The second-order valence-electron chi connectivity index (χ2n) is 13.4. The third-order valence-corrected chi connectivity index (χ3v) is 9.69. The van der Waals surface area contributed by atoms with Crippen LogP contribution in [0.1, 0.15) is 88.2 Å². The largest absolute Gasteiger partial charge is 0.508 e. The summed E-state index contributed by atoms with van der Waals surface area (Å²) in [7, 11) is 3.94. The average Bonchev–Trinajstić information content (AvgIpc) is 2.99. The van der Waals surface area contributed by atoms with E-state index in [1.54, 1.807) is 36.4 Å². The van der Waals surface area contributed by atoms with Gasteiger partial charge in [-0.15, -0.1) is 0 Å². The molecule has 10 nitrogen and oxygen atoms in total. The first-order valence-corrected chi connectivity index (χ1v) is 16.7. The zero-order chi connectivity index (χ0) is 33.7. The number of hydrogen-bond acceptors (Lipinski definition) is 8. The van der Waals surface area contributed by atoms with Crippen LogP contribution in [0.2, 0.25) is 0 Å². The molecule has 4 rings (SSSR count). The number of carboxylic acid groups (broad SMARTS) is 2. The zero-order valence-corrected chi connectivity index (χ0v) is 27.5. The second kappa shape index (κ2) is 17.7. The van der Waals surface area contributed by atoms with Gasteiger partial charge in [0, 0.05) is 37.8 Å². The third-order valence-electron chi connectivity index (χ3n) is 9.69. The number of aromatic hydroxyl groups is 2. The summed E-state index contributed by atoms with van der Waals surface area (Å²) in [6.07, 6.45) is 8.99. The van der Waals surface area contributed by atoms with E-state index in [4.69, 9.17) is 10.2 Å². The Morgan fingerprint density at radius 3 is 1.43 bits per heavy atom. The second-order valence-corrected chi connectivity index (χ2v) is 13.4. The van der Waals surface area contributed by atoms with Crippen LogP contribution in [0.3, 0.4) is 0 Å². The molecule has 2 aromatic carbocycles. The SMILES string of the molecule is CN(CCCC(=O)O)CC1CCCCC1(O)c1cccc(O)c1.CN(CCCC(=O)O)CC1CCCCC1(O)c1cccc(O)c1. The molecule has 0 spiro atoms. The fourth-order valence-corrected chi connectivity index (χ4v) is 7.19. The minimum absolute atomic E-state index is 0.0906. The van der Waals surface area contributed by atoms with Crippen molar-refractivity contribution in [1.29, 1.82) is 0 Å². The van der Waals surface area contributed by atoms with Crippen LogP contribution in [0.5, 0.6) is 11.5 Å². The normalized spacial score (nSPS) is 24.7. The molecule has 2 fully saturated rings. The summed E-state index contributed by atoms with van der Waals surface area (Å²) >= 11 is 0. The fraction of sp³-hybridized carbons (Fsp3) is 0.611. The Kier molecular flexibility index (Phi) is 14.3. The molecule has 46 heavy (non-hydrogen) atoms. The van der Waals surface area contributed by atoms with Gasteiger partial charge in [-0.05, 0) is 101 Å². The highest BCUT2D eigenvalue weighted by Crippen LogP contribution is 2.44. The first-order valence-electron chi connectivity index (χ1n) is 16.7. The highest BCUT2D eigenvalue weighted by Gasteiger charge is 2.42. The molecule has 2 aliphatic rings. The van der Waals surface area contributed by atoms with E-state index in [1.807, 2.05) is 26.2 Å². The molecule has 2 saturated carbocycles. The quantitative estimate of drug-likeness (QED) is 0.163. The molecule has 4 unspecified atom stereocenters. The lowest BCUT2D eigenvalue weighted by Crippen LogP contribution is -2.44. The number of phenols is 2. The monoisotopic (exact) mass is 642 g/mol. The van der Waals surface area contributed by atoms with Crippen molar-refractivity contribution in [3.63, 3.8) is 0 Å². The van der Waals surface area contributed by atoms with Crippen molar-refractivity contribution in [2.75, 3.05) is 40.3 Å². The molecule has 0 aliphatic heterocycles. The summed E-state index contributed by atoms with van der Waals surface area (Å²) < 4.78 is 0. The van der Waals surface area contributed by atoms with Crippen molar-refractivity contribution in [2.24, 2.45) is 11.8 Å². The van der Waals surface area contributed by atoms with Gasteiger partial charge in [-0.25, -0.2) is 0 Å². The van der Waals surface area contributed by atoms with Crippen LogP contribution in [0.25, 0.3) is 0 Å². The van der Waals surface area contributed by atoms with Crippen LogP contribution >= 0.6 is 0 Å². The summed E-state index contributed by atoms with van der Waals surface area (Å²) in [5.74, 6) is -1.01. The molecule has 2 aliphatic carbocycles. The number of hydrogen-bond donors (Lipinski definition) is 6. The molecule has 0 bridgehead atoms. The number of carboxylic acids is 2. The predicted octanol–water partition coefficient (Wildman–Crippen LogP) is 5.13. The van der Waals surface area contributed by atoms with Gasteiger partial charge in [0.05, 0.1) is 11.2 Å². The Morgan fingerprint density at radius 1 is 0.696 bits per heavy atom. The zero-order valence-electron chi connectivity index (χ0n) is 27.5. The molecule has 0 radical (unpaired) electrons. The number of rotatable bonds is 14. The van der Waals surface area contributed by atoms with Gasteiger partial charge in [0.1, 0.15) is 11.5 Å². The van der Waals surface area contributed by atoms with E-state index in [-0.39, 0.29) is 36.2 Å². The number of aliphatic carboxylic acids is 2. The van der Waals surface area contributed by atoms with E-state index in [2.05, 4.69) is 9.80 Å². The van der Waals surface area contributed by atoms with Crippen molar-refractivity contribution in [2.45, 2.75) is 88.3 Å². The Labute approximate surface area is 273 Å². The summed E-state index contributed by atoms with van der Waals surface area (Å²) in [5, 5.41) is 59.4. The van der Waals surface area contributed by atoms with Gasteiger partial charge in [-0.3, -0.25) is 9.59 Å². The lowest BCUT2D eigenvalue weighted by Gasteiger charge is -2.42. The molecular weight excluding hydrogens is 588 g/mol. The molecule has 0 aromatic heterocycles. The minimum atomic E-state index is -0.919. The van der Waals surface area contributed by atoms with Crippen molar-refractivity contribution in [1.82, 2.24) is 9.80 Å². The Balaban J connectivity index is 0.000000250. The first-order chi connectivity index (χ1) is 21.8. The maximum atomic E-state index is 11.3. The van der Waals surface area contributed by atoms with Crippen molar-refractivity contribution in [3.05, 3.63) is 59.7 Å². The maximum absolute atomic E-state index is 11.3. The number of aliphatic hydroxyl groups is 2. The van der Waals surface area contributed by atoms with Crippen molar-refractivity contribution in [3.8, 4) is 11.5 Å². The van der Waals surface area contributed by atoms with Gasteiger partial charge in [-0.2, -0.15) is 0 Å². The molecule has 256 valence electrons. The predicted molar refractivity (Wildman–Crippen MR) is 177 cm³/mol. The molecule has 6 N–H and O–H groups in total. The molecule has 10 heteroatoms. The van der Waals surface area contributed by atoms with E-state index in [9.17, 15) is 30.0 Å². The van der Waals surface area contributed by atoms with Gasteiger partial charge in [0.25, 0.3) is 0 Å². The van der Waals surface area contributed by atoms with Gasteiger partial charge >= 0.3 is 11.9 Å². The lowest BCUT2D eigenvalue weighted by atomic mass is 9.71. The summed E-state index contributed by atoms with van der Waals surface area (Å²) in [6, 6.07) is 13.8. The number of carbonyl (C=O) groups is 2. The maximum Gasteiger partial charge on any atom is 0.303 e. The van der Waals surface area contributed by atoms with Gasteiger partial charge < -0.3 is 40.4 Å². The van der Waals surface area contributed by atoms with E-state index in [0.29, 0.717) is 38.8 Å². The Hall–Kier alpha value is -3.18. The molecule has 0 heterocycles. The summed E-state index contributed by atoms with van der Waals surface area (Å²) in [5.41, 5.74) is -0.280. The van der Waals surface area contributed by atoms with Crippen LogP contribution in [-0.4, -0.2) is 92.7 Å². The average molecular weight is 643 g/mol. The van der Waals surface area contributed by atoms with E-state index >= 15 is 0 Å². The number of nitrogens with zero attached hydrogens (tertiary/aromatic N) is 2.